The molecular formula is C14H18N4O2. The molecule has 6 nitrogen and oxygen atoms in total. The van der Waals surface area contributed by atoms with Gasteiger partial charge in [-0.2, -0.15) is 5.10 Å². The van der Waals surface area contributed by atoms with Gasteiger partial charge in [0.2, 0.25) is 5.91 Å². The normalized spacial score (nSPS) is 16.1. The molecule has 0 saturated heterocycles. The Morgan fingerprint density at radius 1 is 1.35 bits per heavy atom. The van der Waals surface area contributed by atoms with Crippen molar-refractivity contribution in [1.82, 2.24) is 10.7 Å². The van der Waals surface area contributed by atoms with Gasteiger partial charge in [0, 0.05) is 25.4 Å². The van der Waals surface area contributed by atoms with Crippen LogP contribution in [0.4, 0.5) is 0 Å². The van der Waals surface area contributed by atoms with Crippen molar-refractivity contribution in [3.8, 4) is 0 Å². The van der Waals surface area contributed by atoms with Gasteiger partial charge >= 0.3 is 0 Å². The molecule has 1 aliphatic heterocycles. The fourth-order valence-electron chi connectivity index (χ4n) is 1.95. The highest BCUT2D eigenvalue weighted by Crippen LogP contribution is 2.12. The minimum Gasteiger partial charge on any atom is -0.351 e. The van der Waals surface area contributed by atoms with Gasteiger partial charge in [-0.05, 0) is 12.0 Å². The van der Waals surface area contributed by atoms with Crippen LogP contribution in [-0.4, -0.2) is 24.1 Å². The van der Waals surface area contributed by atoms with Crippen LogP contribution in [0.2, 0.25) is 0 Å². The van der Waals surface area contributed by atoms with Gasteiger partial charge < -0.3 is 11.1 Å². The van der Waals surface area contributed by atoms with Crippen LogP contribution in [0.15, 0.2) is 35.4 Å². The molecule has 106 valence electrons. The van der Waals surface area contributed by atoms with Crippen molar-refractivity contribution in [2.45, 2.75) is 25.3 Å². The molecule has 0 aliphatic carbocycles. The van der Waals surface area contributed by atoms with Gasteiger partial charge in [-0.25, -0.2) is 5.43 Å². The van der Waals surface area contributed by atoms with Crippen LogP contribution >= 0.6 is 0 Å². The van der Waals surface area contributed by atoms with Gasteiger partial charge in [0.25, 0.3) is 5.91 Å². The summed E-state index contributed by atoms with van der Waals surface area (Å²) in [4.78, 5) is 22.7. The molecule has 20 heavy (non-hydrogen) atoms. The number of nitrogens with two attached hydrogens (primary N) is 1. The van der Waals surface area contributed by atoms with Gasteiger partial charge in [0.1, 0.15) is 5.71 Å². The van der Waals surface area contributed by atoms with Gasteiger partial charge in [-0.15, -0.1) is 0 Å². The van der Waals surface area contributed by atoms with Crippen molar-refractivity contribution in [2.75, 3.05) is 6.54 Å². The van der Waals surface area contributed by atoms with Crippen molar-refractivity contribution in [1.29, 1.82) is 0 Å². The summed E-state index contributed by atoms with van der Waals surface area (Å²) < 4.78 is 0. The van der Waals surface area contributed by atoms with Crippen LogP contribution < -0.4 is 16.5 Å². The number of nitrogens with one attached hydrogen (secondary N) is 2. The van der Waals surface area contributed by atoms with Crippen molar-refractivity contribution >= 4 is 17.5 Å². The minimum absolute atomic E-state index is 0.107. The third kappa shape index (κ3) is 3.89. The Bertz CT molecular complexity index is 513. The monoisotopic (exact) mass is 274 g/mol. The maximum Gasteiger partial charge on any atom is 0.267 e. The molecule has 1 heterocycles. The molecule has 1 unspecified atom stereocenters. The molecule has 0 spiro atoms. The number of benzene rings is 1. The van der Waals surface area contributed by atoms with Gasteiger partial charge in [-0.3, -0.25) is 9.59 Å². The van der Waals surface area contributed by atoms with Crippen LogP contribution in [0.3, 0.4) is 0 Å². The lowest BCUT2D eigenvalue weighted by Crippen LogP contribution is -2.37. The first kappa shape index (κ1) is 14.2. The lowest BCUT2D eigenvalue weighted by Gasteiger charge is -2.14. The Labute approximate surface area is 117 Å². The summed E-state index contributed by atoms with van der Waals surface area (Å²) in [6, 6.07) is 9.64. The second-order valence-corrected chi connectivity index (χ2v) is 4.66. The van der Waals surface area contributed by atoms with Crippen LogP contribution in [-0.2, 0) is 9.59 Å². The number of carbonyl (C=O) groups excluding carboxylic acids is 2. The average Bonchev–Trinajstić information content (AvgIpc) is 2.48. The molecule has 6 heteroatoms. The van der Waals surface area contributed by atoms with Gasteiger partial charge in [0.15, 0.2) is 0 Å². The molecule has 0 radical (unpaired) electrons. The average molecular weight is 274 g/mol. The smallest absolute Gasteiger partial charge is 0.267 e. The maximum atomic E-state index is 11.8. The minimum atomic E-state index is -0.245. The molecule has 0 saturated carbocycles. The van der Waals surface area contributed by atoms with E-state index < -0.39 is 0 Å². The topological polar surface area (TPSA) is 96.6 Å². The number of rotatable bonds is 5. The molecule has 1 aromatic carbocycles. The molecule has 0 fully saturated rings. The second kappa shape index (κ2) is 6.81. The quantitative estimate of drug-likeness (QED) is 0.727. The summed E-state index contributed by atoms with van der Waals surface area (Å²) in [5, 5.41) is 6.51. The zero-order valence-corrected chi connectivity index (χ0v) is 11.1. The first-order valence-corrected chi connectivity index (χ1v) is 6.61. The van der Waals surface area contributed by atoms with E-state index in [-0.39, 0.29) is 17.9 Å². The van der Waals surface area contributed by atoms with E-state index in [9.17, 15) is 9.59 Å². The molecule has 1 aliphatic rings. The van der Waals surface area contributed by atoms with E-state index in [1.54, 1.807) is 0 Å². The van der Waals surface area contributed by atoms with E-state index in [0.29, 0.717) is 31.5 Å². The van der Waals surface area contributed by atoms with E-state index in [1.165, 1.54) is 0 Å². The van der Waals surface area contributed by atoms with Crippen LogP contribution in [0.25, 0.3) is 0 Å². The predicted molar refractivity (Wildman–Crippen MR) is 75.8 cm³/mol. The SMILES string of the molecule is NC(CCNC(=O)C1=NNC(=O)CC1)c1ccccc1. The molecule has 0 bridgehead atoms. The number of carbonyl (C=O) groups is 2. The molecular weight excluding hydrogens is 256 g/mol. The zero-order valence-electron chi connectivity index (χ0n) is 11.1. The third-order valence-corrected chi connectivity index (χ3v) is 3.14. The molecule has 0 aromatic heterocycles. The van der Waals surface area contributed by atoms with Crippen LogP contribution in [0.5, 0.6) is 0 Å². The standard InChI is InChI=1S/C14H18N4O2/c15-11(10-4-2-1-3-5-10)8-9-16-14(20)12-6-7-13(19)18-17-12/h1-5,11H,6-9,15H2,(H,16,20)(H,18,19). The molecule has 1 aromatic rings. The van der Waals surface area contributed by atoms with Crippen molar-refractivity contribution in [3.05, 3.63) is 35.9 Å². The predicted octanol–water partition coefficient (Wildman–Crippen LogP) is 0.459. The lowest BCUT2D eigenvalue weighted by atomic mass is 10.0. The Hall–Kier alpha value is -2.21. The summed E-state index contributed by atoms with van der Waals surface area (Å²) in [7, 11) is 0. The van der Waals surface area contributed by atoms with Crippen LogP contribution in [0, 0.1) is 0 Å². The van der Waals surface area contributed by atoms with E-state index in [2.05, 4.69) is 15.8 Å². The fraction of sp³-hybridized carbons (Fsp3) is 0.357. The van der Waals surface area contributed by atoms with Crippen molar-refractivity contribution in [2.24, 2.45) is 10.8 Å². The number of hydrogen-bond acceptors (Lipinski definition) is 4. The van der Waals surface area contributed by atoms with Gasteiger partial charge in [-0.1, -0.05) is 30.3 Å². The zero-order chi connectivity index (χ0) is 14.4. The largest absolute Gasteiger partial charge is 0.351 e. The Balaban J connectivity index is 1.76. The first-order valence-electron chi connectivity index (χ1n) is 6.61. The maximum absolute atomic E-state index is 11.8. The first-order chi connectivity index (χ1) is 9.66. The van der Waals surface area contributed by atoms with Crippen molar-refractivity contribution in [3.63, 3.8) is 0 Å². The number of hydrazone groups is 1. The van der Waals surface area contributed by atoms with Crippen molar-refractivity contribution < 1.29 is 9.59 Å². The Morgan fingerprint density at radius 2 is 2.10 bits per heavy atom. The molecule has 2 amide bonds. The summed E-state index contributed by atoms with van der Waals surface area (Å²) in [5.74, 6) is -0.405. The highest BCUT2D eigenvalue weighted by Gasteiger charge is 2.17. The van der Waals surface area contributed by atoms with E-state index >= 15 is 0 Å². The summed E-state index contributed by atoms with van der Waals surface area (Å²) >= 11 is 0. The Morgan fingerprint density at radius 3 is 2.75 bits per heavy atom. The summed E-state index contributed by atoms with van der Waals surface area (Å²) in [6.07, 6.45) is 1.33. The Kier molecular flexibility index (Phi) is 4.84. The second-order valence-electron chi connectivity index (χ2n) is 4.66. The highest BCUT2D eigenvalue weighted by molar-refractivity contribution is 6.39. The fourth-order valence-corrected chi connectivity index (χ4v) is 1.95. The summed E-state index contributed by atoms with van der Waals surface area (Å²) in [6.45, 7) is 0.474. The third-order valence-electron chi connectivity index (χ3n) is 3.14. The highest BCUT2D eigenvalue weighted by atomic mass is 16.2. The van der Waals surface area contributed by atoms with E-state index in [1.807, 2.05) is 30.3 Å². The number of amides is 2. The van der Waals surface area contributed by atoms with Gasteiger partial charge in [0.05, 0.1) is 0 Å². The van der Waals surface area contributed by atoms with Crippen LogP contribution in [0.1, 0.15) is 30.9 Å². The molecule has 2 rings (SSSR count). The summed E-state index contributed by atoms with van der Waals surface area (Å²) in [5.41, 5.74) is 9.75. The molecule has 4 N–H and O–H groups in total. The van der Waals surface area contributed by atoms with E-state index in [0.717, 1.165) is 5.56 Å². The lowest BCUT2D eigenvalue weighted by molar-refractivity contribution is -0.121. The number of nitrogens with zero attached hydrogens (tertiary/aromatic N) is 1. The molecule has 1 atom stereocenters. The number of hydrogen-bond donors (Lipinski definition) is 3. The van der Waals surface area contributed by atoms with E-state index in [4.69, 9.17) is 5.73 Å².